The fourth-order valence-corrected chi connectivity index (χ4v) is 2.56. The van der Waals surface area contributed by atoms with Crippen molar-refractivity contribution >= 4 is 6.03 Å². The Hall–Kier alpha value is -1.91. The molecule has 0 aromatic carbocycles. The molecular weight excluding hydrogens is 308 g/mol. The van der Waals surface area contributed by atoms with E-state index in [9.17, 15) is 4.79 Å². The number of amides is 2. The summed E-state index contributed by atoms with van der Waals surface area (Å²) in [5, 5.41) is 23.2. The van der Waals surface area contributed by atoms with E-state index in [1.54, 1.807) is 4.90 Å². The number of hydrogen-bond donors (Lipinski definition) is 3. The van der Waals surface area contributed by atoms with Gasteiger partial charge in [-0.25, -0.2) is 4.79 Å². The molecule has 0 spiro atoms. The zero-order chi connectivity index (χ0) is 17.6. The maximum Gasteiger partial charge on any atom is 0.320 e. The average Bonchev–Trinajstić information content (AvgIpc) is 2.93. The van der Waals surface area contributed by atoms with E-state index < -0.39 is 0 Å². The van der Waals surface area contributed by atoms with Gasteiger partial charge in [0.25, 0.3) is 0 Å². The molecule has 24 heavy (non-hydrogen) atoms. The number of carbonyl (C=O) groups excluding carboxylic acids is 1. The van der Waals surface area contributed by atoms with Crippen molar-refractivity contribution in [3.05, 3.63) is 0 Å². The number of urea groups is 1. The molecule has 0 aromatic heterocycles. The molecule has 1 rings (SSSR count). The van der Waals surface area contributed by atoms with E-state index in [1.807, 2.05) is 4.90 Å². The second-order valence-electron chi connectivity index (χ2n) is 5.56. The summed E-state index contributed by atoms with van der Waals surface area (Å²) in [5.74, 6) is 0. The summed E-state index contributed by atoms with van der Waals surface area (Å²) < 4.78 is 0. The lowest BCUT2D eigenvalue weighted by atomic mass is 10.4. The maximum atomic E-state index is 12.2. The van der Waals surface area contributed by atoms with Crippen molar-refractivity contribution in [2.24, 2.45) is 5.73 Å². The molecule has 2 amide bonds. The molecule has 1 aliphatic heterocycles. The highest BCUT2D eigenvalue weighted by Crippen LogP contribution is 2.07. The predicted molar refractivity (Wildman–Crippen MR) is 91.0 cm³/mol. The van der Waals surface area contributed by atoms with Crippen LogP contribution in [0.1, 0.15) is 0 Å². The summed E-state index contributed by atoms with van der Waals surface area (Å²) in [4.78, 5) is 18.1. The van der Waals surface area contributed by atoms with Crippen molar-refractivity contribution in [3.8, 4) is 12.1 Å². The first-order valence-corrected chi connectivity index (χ1v) is 8.34. The monoisotopic (exact) mass is 336 g/mol. The zero-order valence-corrected chi connectivity index (χ0v) is 14.2. The molecule has 1 aliphatic rings. The highest BCUT2D eigenvalue weighted by molar-refractivity contribution is 5.76. The predicted octanol–water partition coefficient (Wildman–Crippen LogP) is -1.79. The molecule has 1 fully saturated rings. The molecule has 0 saturated carbocycles. The lowest BCUT2D eigenvalue weighted by molar-refractivity contribution is 0.183. The SMILES string of the molecule is N#CCNCCN(CCNCC#N)CCN1CCN(CCN)C1=O. The van der Waals surface area contributed by atoms with Crippen LogP contribution >= 0.6 is 0 Å². The van der Waals surface area contributed by atoms with Gasteiger partial charge >= 0.3 is 6.03 Å². The summed E-state index contributed by atoms with van der Waals surface area (Å²) in [5.41, 5.74) is 5.52. The Morgan fingerprint density at radius 3 is 2.04 bits per heavy atom. The quantitative estimate of drug-likeness (QED) is 0.268. The van der Waals surface area contributed by atoms with Gasteiger partial charge in [-0.1, -0.05) is 0 Å². The number of rotatable bonds is 13. The van der Waals surface area contributed by atoms with E-state index in [-0.39, 0.29) is 6.03 Å². The summed E-state index contributed by atoms with van der Waals surface area (Å²) in [6.45, 7) is 7.72. The van der Waals surface area contributed by atoms with Crippen molar-refractivity contribution in [2.45, 2.75) is 0 Å². The van der Waals surface area contributed by atoms with Crippen LogP contribution in [0.3, 0.4) is 0 Å². The summed E-state index contributed by atoms with van der Waals surface area (Å²) >= 11 is 0. The molecule has 0 unspecified atom stereocenters. The van der Waals surface area contributed by atoms with Gasteiger partial charge in [0.15, 0.2) is 0 Å². The van der Waals surface area contributed by atoms with E-state index >= 15 is 0 Å². The van der Waals surface area contributed by atoms with E-state index in [0.29, 0.717) is 32.7 Å². The third kappa shape index (κ3) is 7.57. The van der Waals surface area contributed by atoms with Gasteiger partial charge in [0.05, 0.1) is 25.2 Å². The van der Waals surface area contributed by atoms with Crippen LogP contribution in [-0.4, -0.2) is 99.3 Å². The summed E-state index contributed by atoms with van der Waals surface area (Å²) in [7, 11) is 0. The fourth-order valence-electron chi connectivity index (χ4n) is 2.56. The second kappa shape index (κ2) is 12.5. The van der Waals surface area contributed by atoms with Gasteiger partial charge in [0, 0.05) is 65.4 Å². The summed E-state index contributed by atoms with van der Waals surface area (Å²) in [6.07, 6.45) is 0. The minimum absolute atomic E-state index is 0.0608. The smallest absolute Gasteiger partial charge is 0.320 e. The molecule has 9 heteroatoms. The highest BCUT2D eigenvalue weighted by Gasteiger charge is 2.27. The Labute approximate surface area is 144 Å². The van der Waals surface area contributed by atoms with Gasteiger partial charge in [0.2, 0.25) is 0 Å². The molecule has 4 N–H and O–H groups in total. The van der Waals surface area contributed by atoms with Crippen molar-refractivity contribution in [2.75, 3.05) is 78.5 Å². The average molecular weight is 336 g/mol. The molecular formula is C15H28N8O. The molecule has 0 aliphatic carbocycles. The van der Waals surface area contributed by atoms with Gasteiger partial charge < -0.3 is 26.2 Å². The Morgan fingerprint density at radius 1 is 1.00 bits per heavy atom. The molecule has 1 saturated heterocycles. The van der Waals surface area contributed by atoms with Crippen LogP contribution in [0.5, 0.6) is 0 Å². The van der Waals surface area contributed by atoms with Crippen LogP contribution in [0.25, 0.3) is 0 Å². The minimum atomic E-state index is 0.0608. The van der Waals surface area contributed by atoms with E-state index in [2.05, 4.69) is 27.7 Å². The Kier molecular flexibility index (Phi) is 10.5. The summed E-state index contributed by atoms with van der Waals surface area (Å²) in [6, 6.07) is 4.17. The first kappa shape index (κ1) is 20.1. The lowest BCUT2D eigenvalue weighted by Crippen LogP contribution is -2.43. The maximum absolute atomic E-state index is 12.2. The van der Waals surface area contributed by atoms with Crippen LogP contribution in [-0.2, 0) is 0 Å². The third-order valence-electron chi connectivity index (χ3n) is 3.88. The number of nitrogens with two attached hydrogens (primary N) is 1. The standard InChI is InChI=1S/C15H28N8O/c16-1-4-19-6-9-21(10-7-20-5-2-17)11-12-23-14-13-22(8-3-18)15(23)24/h19-20H,3-14,18H2. The lowest BCUT2D eigenvalue weighted by Gasteiger charge is -2.25. The first-order valence-electron chi connectivity index (χ1n) is 8.34. The van der Waals surface area contributed by atoms with Crippen molar-refractivity contribution in [3.63, 3.8) is 0 Å². The molecule has 0 atom stereocenters. The largest absolute Gasteiger partial charge is 0.329 e. The minimum Gasteiger partial charge on any atom is -0.329 e. The van der Waals surface area contributed by atoms with Crippen molar-refractivity contribution in [1.29, 1.82) is 10.5 Å². The number of hydrogen-bond acceptors (Lipinski definition) is 7. The van der Waals surface area contributed by atoms with Gasteiger partial charge in [-0.05, 0) is 0 Å². The zero-order valence-electron chi connectivity index (χ0n) is 14.2. The Balaban J connectivity index is 2.35. The van der Waals surface area contributed by atoms with Crippen LogP contribution in [0.2, 0.25) is 0 Å². The Bertz CT molecular complexity index is 422. The molecule has 0 radical (unpaired) electrons. The number of nitrogens with zero attached hydrogens (tertiary/aromatic N) is 5. The van der Waals surface area contributed by atoms with Crippen LogP contribution < -0.4 is 16.4 Å². The normalized spacial score (nSPS) is 14.2. The topological polar surface area (TPSA) is 124 Å². The molecule has 0 bridgehead atoms. The van der Waals surface area contributed by atoms with Crippen LogP contribution in [0.4, 0.5) is 4.79 Å². The number of nitrogens with one attached hydrogen (secondary N) is 2. The first-order chi connectivity index (χ1) is 11.7. The number of carbonyl (C=O) groups is 1. The molecule has 9 nitrogen and oxygen atoms in total. The van der Waals surface area contributed by atoms with Gasteiger partial charge in [0.1, 0.15) is 0 Å². The fraction of sp³-hybridized carbons (Fsp3) is 0.800. The van der Waals surface area contributed by atoms with Gasteiger partial charge in [-0.3, -0.25) is 4.90 Å². The van der Waals surface area contributed by atoms with Gasteiger partial charge in [-0.2, -0.15) is 10.5 Å². The molecule has 0 aromatic rings. The second-order valence-corrected chi connectivity index (χ2v) is 5.56. The molecule has 1 heterocycles. The van der Waals surface area contributed by atoms with Gasteiger partial charge in [-0.15, -0.1) is 0 Å². The number of nitriles is 2. The molecule has 134 valence electrons. The van der Waals surface area contributed by atoms with E-state index in [4.69, 9.17) is 16.3 Å². The third-order valence-corrected chi connectivity index (χ3v) is 3.88. The van der Waals surface area contributed by atoms with E-state index in [0.717, 1.165) is 45.8 Å². The van der Waals surface area contributed by atoms with E-state index in [1.165, 1.54) is 0 Å². The van der Waals surface area contributed by atoms with Crippen LogP contribution in [0, 0.1) is 22.7 Å². The van der Waals surface area contributed by atoms with Crippen molar-refractivity contribution < 1.29 is 4.79 Å². The van der Waals surface area contributed by atoms with Crippen molar-refractivity contribution in [1.82, 2.24) is 25.3 Å². The highest BCUT2D eigenvalue weighted by atomic mass is 16.2. The van der Waals surface area contributed by atoms with Crippen LogP contribution in [0.15, 0.2) is 0 Å². The Morgan fingerprint density at radius 2 is 1.54 bits per heavy atom.